The summed E-state index contributed by atoms with van der Waals surface area (Å²) < 4.78 is 0. The molecule has 0 aliphatic rings. The molecule has 98 valence electrons. The SMILES string of the molecule is CCCNC(C)c1cccc(-c2ccc(C#N)s2)c1. The summed E-state index contributed by atoms with van der Waals surface area (Å²) in [4.78, 5) is 1.92. The Labute approximate surface area is 118 Å². The zero-order valence-electron chi connectivity index (χ0n) is 11.3. The van der Waals surface area contributed by atoms with Crippen LogP contribution in [0.3, 0.4) is 0 Å². The summed E-state index contributed by atoms with van der Waals surface area (Å²) in [6.45, 7) is 5.39. The van der Waals surface area contributed by atoms with Crippen LogP contribution in [0.1, 0.15) is 36.8 Å². The lowest BCUT2D eigenvalue weighted by molar-refractivity contribution is 0.571. The molecule has 2 rings (SSSR count). The predicted molar refractivity (Wildman–Crippen MR) is 81.2 cm³/mol. The Morgan fingerprint density at radius 1 is 1.32 bits per heavy atom. The van der Waals surface area contributed by atoms with Crippen LogP contribution < -0.4 is 5.32 Å². The van der Waals surface area contributed by atoms with E-state index in [1.54, 1.807) is 11.3 Å². The Hall–Kier alpha value is -1.63. The maximum atomic E-state index is 8.89. The Morgan fingerprint density at radius 3 is 2.84 bits per heavy atom. The molecule has 2 nitrogen and oxygen atoms in total. The average molecular weight is 270 g/mol. The Morgan fingerprint density at radius 2 is 2.16 bits per heavy atom. The Balaban J connectivity index is 2.21. The van der Waals surface area contributed by atoms with Crippen molar-refractivity contribution in [1.29, 1.82) is 5.26 Å². The van der Waals surface area contributed by atoms with Gasteiger partial charge in [-0.3, -0.25) is 0 Å². The maximum Gasteiger partial charge on any atom is 0.110 e. The molecule has 0 aliphatic carbocycles. The Bertz CT molecular complexity index is 580. The summed E-state index contributed by atoms with van der Waals surface area (Å²) in [5.74, 6) is 0. The molecule has 0 saturated heterocycles. The van der Waals surface area contributed by atoms with E-state index in [9.17, 15) is 0 Å². The third kappa shape index (κ3) is 3.44. The molecule has 0 amide bonds. The first-order chi connectivity index (χ1) is 9.24. The first kappa shape index (κ1) is 13.8. The van der Waals surface area contributed by atoms with Gasteiger partial charge in [0.05, 0.1) is 0 Å². The average Bonchev–Trinajstić information content (AvgIpc) is 2.94. The van der Waals surface area contributed by atoms with Gasteiger partial charge in [0, 0.05) is 10.9 Å². The molecule has 1 heterocycles. The van der Waals surface area contributed by atoms with Crippen LogP contribution in [0.2, 0.25) is 0 Å². The fraction of sp³-hybridized carbons (Fsp3) is 0.312. The van der Waals surface area contributed by atoms with Gasteiger partial charge in [0.25, 0.3) is 0 Å². The molecule has 19 heavy (non-hydrogen) atoms. The van der Waals surface area contributed by atoms with Gasteiger partial charge in [-0.15, -0.1) is 11.3 Å². The summed E-state index contributed by atoms with van der Waals surface area (Å²) in [6, 6.07) is 15.0. The van der Waals surface area contributed by atoms with Crippen LogP contribution in [0.4, 0.5) is 0 Å². The number of hydrogen-bond donors (Lipinski definition) is 1. The fourth-order valence-electron chi connectivity index (χ4n) is 1.99. The van der Waals surface area contributed by atoms with E-state index in [2.05, 4.69) is 49.5 Å². The highest BCUT2D eigenvalue weighted by atomic mass is 32.1. The molecular weight excluding hydrogens is 252 g/mol. The van der Waals surface area contributed by atoms with Gasteiger partial charge >= 0.3 is 0 Å². The van der Waals surface area contributed by atoms with E-state index in [1.807, 2.05) is 12.1 Å². The van der Waals surface area contributed by atoms with Crippen LogP contribution in [-0.2, 0) is 0 Å². The number of benzene rings is 1. The molecule has 1 aromatic carbocycles. The molecular formula is C16H18N2S. The van der Waals surface area contributed by atoms with Crippen molar-refractivity contribution < 1.29 is 0 Å². The fourth-order valence-corrected chi connectivity index (χ4v) is 2.79. The largest absolute Gasteiger partial charge is 0.310 e. The van der Waals surface area contributed by atoms with Gasteiger partial charge in [-0.2, -0.15) is 5.26 Å². The number of hydrogen-bond acceptors (Lipinski definition) is 3. The second kappa shape index (κ2) is 6.51. The van der Waals surface area contributed by atoms with Crippen molar-refractivity contribution in [3.8, 4) is 16.5 Å². The van der Waals surface area contributed by atoms with Gasteiger partial charge in [0.1, 0.15) is 10.9 Å². The molecule has 0 radical (unpaired) electrons. The van der Waals surface area contributed by atoms with Gasteiger partial charge < -0.3 is 5.32 Å². The molecule has 0 fully saturated rings. The van der Waals surface area contributed by atoms with E-state index in [-0.39, 0.29) is 0 Å². The third-order valence-corrected chi connectivity index (χ3v) is 4.13. The normalized spacial score (nSPS) is 12.1. The van der Waals surface area contributed by atoms with E-state index >= 15 is 0 Å². The van der Waals surface area contributed by atoms with Crippen molar-refractivity contribution in [2.75, 3.05) is 6.54 Å². The van der Waals surface area contributed by atoms with Crippen molar-refractivity contribution in [3.63, 3.8) is 0 Å². The number of nitriles is 1. The summed E-state index contributed by atoms with van der Waals surface area (Å²) in [6.07, 6.45) is 1.14. The Kier molecular flexibility index (Phi) is 4.73. The number of nitrogens with one attached hydrogen (secondary N) is 1. The summed E-state index contributed by atoms with van der Waals surface area (Å²) in [7, 11) is 0. The zero-order chi connectivity index (χ0) is 13.7. The van der Waals surface area contributed by atoms with Crippen molar-refractivity contribution in [3.05, 3.63) is 46.8 Å². The van der Waals surface area contributed by atoms with Crippen LogP contribution in [0.25, 0.3) is 10.4 Å². The maximum absolute atomic E-state index is 8.89. The molecule has 1 atom stereocenters. The predicted octanol–water partition coefficient (Wildman–Crippen LogP) is 4.35. The lowest BCUT2D eigenvalue weighted by atomic mass is 10.0. The lowest BCUT2D eigenvalue weighted by Gasteiger charge is -2.14. The van der Waals surface area contributed by atoms with Crippen molar-refractivity contribution in [2.45, 2.75) is 26.3 Å². The quantitative estimate of drug-likeness (QED) is 0.877. The summed E-state index contributed by atoms with van der Waals surface area (Å²) >= 11 is 1.54. The monoisotopic (exact) mass is 270 g/mol. The van der Waals surface area contributed by atoms with E-state index in [1.165, 1.54) is 11.1 Å². The summed E-state index contributed by atoms with van der Waals surface area (Å²) in [5, 5.41) is 12.4. The van der Waals surface area contributed by atoms with E-state index < -0.39 is 0 Å². The molecule has 2 aromatic rings. The van der Waals surface area contributed by atoms with Crippen LogP contribution >= 0.6 is 11.3 Å². The second-order valence-electron chi connectivity index (χ2n) is 4.58. The topological polar surface area (TPSA) is 35.8 Å². The highest BCUT2D eigenvalue weighted by Gasteiger charge is 2.07. The molecule has 0 bridgehead atoms. The second-order valence-corrected chi connectivity index (χ2v) is 5.66. The van der Waals surface area contributed by atoms with Crippen molar-refractivity contribution in [2.24, 2.45) is 0 Å². The number of thiophene rings is 1. The lowest BCUT2D eigenvalue weighted by Crippen LogP contribution is -2.19. The number of nitrogens with zero attached hydrogens (tertiary/aromatic N) is 1. The molecule has 0 aliphatic heterocycles. The van der Waals surface area contributed by atoms with Gasteiger partial charge in [0.15, 0.2) is 0 Å². The highest BCUT2D eigenvalue weighted by molar-refractivity contribution is 7.16. The van der Waals surface area contributed by atoms with Crippen LogP contribution in [-0.4, -0.2) is 6.54 Å². The smallest absolute Gasteiger partial charge is 0.110 e. The van der Waals surface area contributed by atoms with Gasteiger partial charge in [0.2, 0.25) is 0 Å². The summed E-state index contributed by atoms with van der Waals surface area (Å²) in [5.41, 5.74) is 2.48. The van der Waals surface area contributed by atoms with Crippen LogP contribution in [0.5, 0.6) is 0 Å². The van der Waals surface area contributed by atoms with Crippen molar-refractivity contribution in [1.82, 2.24) is 5.32 Å². The first-order valence-corrected chi connectivity index (χ1v) is 7.40. The van der Waals surface area contributed by atoms with E-state index in [0.29, 0.717) is 6.04 Å². The van der Waals surface area contributed by atoms with Gasteiger partial charge in [-0.1, -0.05) is 25.1 Å². The standard InChI is InChI=1S/C16H18N2S/c1-3-9-18-12(2)13-5-4-6-14(10-13)16-8-7-15(11-17)19-16/h4-8,10,12,18H,3,9H2,1-2H3. The molecule has 1 aromatic heterocycles. The molecule has 0 spiro atoms. The minimum atomic E-state index is 0.357. The van der Waals surface area contributed by atoms with Crippen molar-refractivity contribution >= 4 is 11.3 Å². The van der Waals surface area contributed by atoms with Crippen LogP contribution in [0.15, 0.2) is 36.4 Å². The zero-order valence-corrected chi connectivity index (χ0v) is 12.1. The molecule has 1 unspecified atom stereocenters. The molecule has 1 N–H and O–H groups in total. The van der Waals surface area contributed by atoms with Gasteiger partial charge in [-0.05, 0) is 49.2 Å². The first-order valence-electron chi connectivity index (χ1n) is 6.58. The molecule has 0 saturated carbocycles. The van der Waals surface area contributed by atoms with Gasteiger partial charge in [-0.25, -0.2) is 0 Å². The molecule has 3 heteroatoms. The third-order valence-electron chi connectivity index (χ3n) is 3.09. The minimum absolute atomic E-state index is 0.357. The van der Waals surface area contributed by atoms with E-state index in [4.69, 9.17) is 5.26 Å². The highest BCUT2D eigenvalue weighted by Crippen LogP contribution is 2.29. The van der Waals surface area contributed by atoms with Crippen LogP contribution in [0, 0.1) is 11.3 Å². The minimum Gasteiger partial charge on any atom is -0.310 e. The number of rotatable bonds is 5. The van der Waals surface area contributed by atoms with E-state index in [0.717, 1.165) is 22.7 Å².